The second-order valence-electron chi connectivity index (χ2n) is 5.01. The Hall–Kier alpha value is -1.91. The van der Waals surface area contributed by atoms with Crippen molar-refractivity contribution in [3.05, 3.63) is 30.0 Å². The maximum absolute atomic E-state index is 10.9. The standard InChI is InChI=1S/C13H16N4O/c14-13(18)11-5-6-12(16-15-11)17-7-9-3-1-2-4-10(9)8-17/h1-2,5-6,9-10H,3-4,7-8H2,(H2,14,18)/t9-,10-/m0/s1. The highest BCUT2D eigenvalue weighted by Gasteiger charge is 2.33. The van der Waals surface area contributed by atoms with Crippen LogP contribution in [0.3, 0.4) is 0 Å². The summed E-state index contributed by atoms with van der Waals surface area (Å²) in [5.74, 6) is 1.77. The number of nitrogens with zero attached hydrogens (tertiary/aromatic N) is 3. The number of nitrogens with two attached hydrogens (primary N) is 1. The van der Waals surface area contributed by atoms with Crippen molar-refractivity contribution in [3.63, 3.8) is 0 Å². The summed E-state index contributed by atoms with van der Waals surface area (Å²) in [6.45, 7) is 2.05. The van der Waals surface area contributed by atoms with E-state index in [4.69, 9.17) is 5.73 Å². The second kappa shape index (κ2) is 4.40. The van der Waals surface area contributed by atoms with Crippen molar-refractivity contribution in [1.82, 2.24) is 10.2 Å². The Balaban J connectivity index is 1.74. The summed E-state index contributed by atoms with van der Waals surface area (Å²) in [6, 6.07) is 3.47. The molecule has 1 aromatic rings. The Labute approximate surface area is 106 Å². The molecule has 1 aromatic heterocycles. The molecule has 0 radical (unpaired) electrons. The largest absolute Gasteiger partial charge is 0.364 e. The average Bonchev–Trinajstić information content (AvgIpc) is 2.82. The van der Waals surface area contributed by atoms with Gasteiger partial charge in [-0.05, 0) is 36.8 Å². The topological polar surface area (TPSA) is 72.1 Å². The molecule has 1 fully saturated rings. The van der Waals surface area contributed by atoms with Crippen LogP contribution in [0.4, 0.5) is 5.82 Å². The third kappa shape index (κ3) is 1.96. The van der Waals surface area contributed by atoms with Crippen LogP contribution in [0.5, 0.6) is 0 Å². The zero-order chi connectivity index (χ0) is 12.5. The molecular weight excluding hydrogens is 228 g/mol. The minimum absolute atomic E-state index is 0.219. The van der Waals surface area contributed by atoms with Crippen LogP contribution in [0.15, 0.2) is 24.3 Å². The maximum Gasteiger partial charge on any atom is 0.269 e. The van der Waals surface area contributed by atoms with Crippen LogP contribution in [0.1, 0.15) is 23.3 Å². The highest BCUT2D eigenvalue weighted by molar-refractivity contribution is 5.90. The van der Waals surface area contributed by atoms with Crippen LogP contribution < -0.4 is 10.6 Å². The zero-order valence-corrected chi connectivity index (χ0v) is 10.1. The van der Waals surface area contributed by atoms with E-state index < -0.39 is 5.91 Å². The predicted octanol–water partition coefficient (Wildman–Crippen LogP) is 0.978. The number of hydrogen-bond acceptors (Lipinski definition) is 4. The van der Waals surface area contributed by atoms with E-state index in [1.165, 1.54) is 0 Å². The summed E-state index contributed by atoms with van der Waals surface area (Å²) >= 11 is 0. The first kappa shape index (κ1) is 11.2. The fraction of sp³-hybridized carbons (Fsp3) is 0.462. The van der Waals surface area contributed by atoms with Crippen LogP contribution in [0.25, 0.3) is 0 Å². The van der Waals surface area contributed by atoms with Gasteiger partial charge < -0.3 is 10.6 Å². The summed E-state index contributed by atoms with van der Waals surface area (Å²) in [5.41, 5.74) is 5.37. The minimum atomic E-state index is -0.534. The van der Waals surface area contributed by atoms with E-state index in [2.05, 4.69) is 27.2 Å². The van der Waals surface area contributed by atoms with Crippen LogP contribution in [0.2, 0.25) is 0 Å². The van der Waals surface area contributed by atoms with Crippen LogP contribution >= 0.6 is 0 Å². The zero-order valence-electron chi connectivity index (χ0n) is 10.1. The van der Waals surface area contributed by atoms with Gasteiger partial charge in [0, 0.05) is 13.1 Å². The fourth-order valence-electron chi connectivity index (χ4n) is 2.83. The molecule has 1 aliphatic carbocycles. The van der Waals surface area contributed by atoms with Gasteiger partial charge in [-0.15, -0.1) is 10.2 Å². The molecule has 18 heavy (non-hydrogen) atoms. The van der Waals surface area contributed by atoms with Crippen molar-refractivity contribution in [3.8, 4) is 0 Å². The van der Waals surface area contributed by atoms with Gasteiger partial charge in [0.25, 0.3) is 5.91 Å². The van der Waals surface area contributed by atoms with Crippen molar-refractivity contribution in [1.29, 1.82) is 0 Å². The number of rotatable bonds is 2. The summed E-state index contributed by atoms with van der Waals surface area (Å²) in [4.78, 5) is 13.2. The Bertz CT molecular complexity index is 466. The number of hydrogen-bond donors (Lipinski definition) is 1. The highest BCUT2D eigenvalue weighted by Crippen LogP contribution is 2.34. The summed E-state index contributed by atoms with van der Waals surface area (Å²) in [6.07, 6.45) is 6.86. The van der Waals surface area contributed by atoms with Crippen LogP contribution in [0, 0.1) is 11.8 Å². The van der Waals surface area contributed by atoms with E-state index in [1.807, 2.05) is 6.07 Å². The lowest BCUT2D eigenvalue weighted by Crippen LogP contribution is -2.22. The van der Waals surface area contributed by atoms with Crippen molar-refractivity contribution in [2.45, 2.75) is 12.8 Å². The molecule has 1 amide bonds. The maximum atomic E-state index is 10.9. The highest BCUT2D eigenvalue weighted by atomic mass is 16.1. The Morgan fingerprint density at radius 2 is 1.83 bits per heavy atom. The Kier molecular flexibility index (Phi) is 2.74. The van der Waals surface area contributed by atoms with Crippen molar-refractivity contribution in [2.75, 3.05) is 18.0 Å². The van der Waals surface area contributed by atoms with E-state index in [9.17, 15) is 4.79 Å². The quantitative estimate of drug-likeness (QED) is 0.787. The average molecular weight is 244 g/mol. The van der Waals surface area contributed by atoms with Gasteiger partial charge in [0.05, 0.1) is 0 Å². The van der Waals surface area contributed by atoms with Crippen LogP contribution in [-0.2, 0) is 0 Å². The van der Waals surface area contributed by atoms with Gasteiger partial charge in [0.2, 0.25) is 0 Å². The summed E-state index contributed by atoms with van der Waals surface area (Å²) in [5, 5.41) is 7.95. The van der Waals surface area contributed by atoms with E-state index in [1.54, 1.807) is 6.07 Å². The molecule has 2 atom stereocenters. The Morgan fingerprint density at radius 1 is 1.17 bits per heavy atom. The molecule has 2 heterocycles. The number of primary amides is 1. The first-order valence-corrected chi connectivity index (χ1v) is 6.27. The first-order valence-electron chi connectivity index (χ1n) is 6.27. The Morgan fingerprint density at radius 3 is 2.33 bits per heavy atom. The smallest absolute Gasteiger partial charge is 0.269 e. The van der Waals surface area contributed by atoms with Crippen molar-refractivity contribution >= 4 is 11.7 Å². The molecule has 0 unspecified atom stereocenters. The third-order valence-corrected chi connectivity index (χ3v) is 3.85. The molecule has 2 N–H and O–H groups in total. The van der Waals surface area contributed by atoms with Crippen LogP contribution in [-0.4, -0.2) is 29.2 Å². The lowest BCUT2D eigenvalue weighted by Gasteiger charge is -2.17. The van der Waals surface area contributed by atoms with E-state index in [0.717, 1.165) is 43.6 Å². The molecule has 0 aromatic carbocycles. The van der Waals surface area contributed by atoms with Gasteiger partial charge in [-0.2, -0.15) is 0 Å². The molecule has 0 bridgehead atoms. The lowest BCUT2D eigenvalue weighted by molar-refractivity contribution is 0.0994. The number of allylic oxidation sites excluding steroid dienone is 2. The normalized spacial score (nSPS) is 26.1. The van der Waals surface area contributed by atoms with Gasteiger partial charge in [-0.25, -0.2) is 0 Å². The van der Waals surface area contributed by atoms with E-state index >= 15 is 0 Å². The first-order chi connectivity index (χ1) is 8.74. The third-order valence-electron chi connectivity index (χ3n) is 3.85. The SMILES string of the molecule is NC(=O)c1ccc(N2C[C@@H]3CC=CC[C@H]3C2)nn1. The lowest BCUT2D eigenvalue weighted by atomic mass is 9.86. The molecule has 0 spiro atoms. The molecule has 2 aliphatic rings. The molecule has 3 rings (SSSR count). The predicted molar refractivity (Wildman–Crippen MR) is 68.1 cm³/mol. The molecule has 5 heteroatoms. The molecular formula is C13H16N4O. The summed E-state index contributed by atoms with van der Waals surface area (Å²) < 4.78 is 0. The fourth-order valence-corrected chi connectivity index (χ4v) is 2.83. The van der Waals surface area contributed by atoms with E-state index in [-0.39, 0.29) is 5.69 Å². The minimum Gasteiger partial charge on any atom is -0.364 e. The monoisotopic (exact) mass is 244 g/mol. The van der Waals surface area contributed by atoms with E-state index in [0.29, 0.717) is 0 Å². The van der Waals surface area contributed by atoms with Crippen molar-refractivity contribution in [2.24, 2.45) is 17.6 Å². The number of anilines is 1. The van der Waals surface area contributed by atoms with Gasteiger partial charge in [0.15, 0.2) is 11.5 Å². The number of aromatic nitrogens is 2. The van der Waals surface area contributed by atoms with Crippen molar-refractivity contribution < 1.29 is 4.79 Å². The molecule has 5 nitrogen and oxygen atoms in total. The number of fused-ring (bicyclic) bond motifs is 1. The van der Waals surface area contributed by atoms with Gasteiger partial charge in [-0.1, -0.05) is 12.2 Å². The van der Waals surface area contributed by atoms with Gasteiger partial charge >= 0.3 is 0 Å². The molecule has 0 saturated carbocycles. The molecule has 1 saturated heterocycles. The van der Waals surface area contributed by atoms with Gasteiger partial charge in [-0.3, -0.25) is 4.79 Å². The second-order valence-corrected chi connectivity index (χ2v) is 5.01. The molecule has 1 aliphatic heterocycles. The molecule has 94 valence electrons. The number of amides is 1. The summed E-state index contributed by atoms with van der Waals surface area (Å²) in [7, 11) is 0. The number of carbonyl (C=O) groups is 1. The number of carbonyl (C=O) groups excluding carboxylic acids is 1. The van der Waals surface area contributed by atoms with Gasteiger partial charge in [0.1, 0.15) is 0 Å².